The molecule has 0 aliphatic heterocycles. The van der Waals surface area contributed by atoms with E-state index >= 15 is 0 Å². The first-order valence-electron chi connectivity index (χ1n) is 8.00. The Labute approximate surface area is 152 Å². The van der Waals surface area contributed by atoms with Crippen molar-refractivity contribution in [2.75, 3.05) is 21.3 Å². The molecule has 2 aromatic carbocycles. The summed E-state index contributed by atoms with van der Waals surface area (Å²) in [6, 6.07) is 9.91. The van der Waals surface area contributed by atoms with E-state index in [1.807, 2.05) is 6.92 Å². The van der Waals surface area contributed by atoms with Crippen LogP contribution in [0.5, 0.6) is 23.0 Å². The number of hydrogen-bond donors (Lipinski definition) is 2. The lowest BCUT2D eigenvalue weighted by Crippen LogP contribution is -2.20. The van der Waals surface area contributed by atoms with E-state index in [0.717, 1.165) is 0 Å². The number of amides is 1. The van der Waals surface area contributed by atoms with E-state index in [1.54, 1.807) is 24.3 Å². The van der Waals surface area contributed by atoms with E-state index in [1.165, 1.54) is 33.5 Å². The monoisotopic (exact) mass is 358 g/mol. The van der Waals surface area contributed by atoms with Gasteiger partial charge in [0.05, 0.1) is 27.0 Å². The zero-order valence-electron chi connectivity index (χ0n) is 15.2. The van der Waals surface area contributed by atoms with Crippen molar-refractivity contribution in [3.8, 4) is 23.0 Å². The first-order valence-corrected chi connectivity index (χ1v) is 8.00. The number of benzene rings is 2. The van der Waals surface area contributed by atoms with Crippen molar-refractivity contribution in [3.63, 3.8) is 0 Å². The molecule has 2 rings (SSSR count). The summed E-state index contributed by atoms with van der Waals surface area (Å²) in [5.74, 6) is 0.814. The summed E-state index contributed by atoms with van der Waals surface area (Å²) in [4.78, 5) is 12.5. The number of hydrogen-bond acceptors (Lipinski definition) is 6. The first kappa shape index (κ1) is 19.1. The van der Waals surface area contributed by atoms with Crippen LogP contribution >= 0.6 is 0 Å². The van der Waals surface area contributed by atoms with Gasteiger partial charge in [-0.05, 0) is 30.7 Å². The van der Waals surface area contributed by atoms with Gasteiger partial charge in [-0.25, -0.2) is 5.43 Å². The lowest BCUT2D eigenvalue weighted by molar-refractivity contribution is 0.0954. The predicted octanol–water partition coefficient (Wildman–Crippen LogP) is 2.96. The van der Waals surface area contributed by atoms with Gasteiger partial charge < -0.3 is 19.3 Å². The average molecular weight is 358 g/mol. The largest absolute Gasteiger partial charge is 0.507 e. The van der Waals surface area contributed by atoms with Crippen molar-refractivity contribution in [2.24, 2.45) is 5.10 Å². The highest BCUT2D eigenvalue weighted by Gasteiger charge is 2.17. The maximum Gasteiger partial charge on any atom is 0.271 e. The molecule has 0 unspecified atom stereocenters. The topological polar surface area (TPSA) is 89.4 Å². The zero-order valence-corrected chi connectivity index (χ0v) is 15.2. The third kappa shape index (κ3) is 4.05. The van der Waals surface area contributed by atoms with Crippen molar-refractivity contribution in [3.05, 3.63) is 47.5 Å². The average Bonchev–Trinajstić information content (AvgIpc) is 2.68. The van der Waals surface area contributed by atoms with E-state index in [2.05, 4.69) is 10.5 Å². The summed E-state index contributed by atoms with van der Waals surface area (Å²) in [5, 5.41) is 14.1. The first-order chi connectivity index (χ1) is 12.5. The van der Waals surface area contributed by atoms with Crippen LogP contribution < -0.4 is 19.6 Å². The van der Waals surface area contributed by atoms with Gasteiger partial charge >= 0.3 is 0 Å². The number of methoxy groups -OCH3 is 3. The number of nitrogens with zero attached hydrogens (tertiary/aromatic N) is 1. The molecule has 0 spiro atoms. The van der Waals surface area contributed by atoms with Crippen molar-refractivity contribution < 1.29 is 24.1 Å². The third-order valence-corrected chi connectivity index (χ3v) is 3.77. The Morgan fingerprint density at radius 2 is 1.69 bits per heavy atom. The smallest absolute Gasteiger partial charge is 0.271 e. The molecule has 0 atom stereocenters. The van der Waals surface area contributed by atoms with Crippen molar-refractivity contribution in [1.82, 2.24) is 5.43 Å². The summed E-state index contributed by atoms with van der Waals surface area (Å²) in [6.07, 6.45) is 0.535. The highest BCUT2D eigenvalue weighted by atomic mass is 16.5. The van der Waals surface area contributed by atoms with Gasteiger partial charge in [0.15, 0.2) is 11.5 Å². The molecule has 0 heterocycles. The number of hydrazone groups is 1. The van der Waals surface area contributed by atoms with Crippen LogP contribution in [0.15, 0.2) is 41.5 Å². The molecule has 7 nitrogen and oxygen atoms in total. The van der Waals surface area contributed by atoms with Crippen LogP contribution in [0.4, 0.5) is 0 Å². The Morgan fingerprint density at radius 1 is 1.08 bits per heavy atom. The second kappa shape index (κ2) is 8.75. The number of carbonyl (C=O) groups is 1. The van der Waals surface area contributed by atoms with Gasteiger partial charge in [-0.3, -0.25) is 4.79 Å². The van der Waals surface area contributed by atoms with Crippen LogP contribution in [0.3, 0.4) is 0 Å². The van der Waals surface area contributed by atoms with E-state index < -0.39 is 5.91 Å². The molecular formula is C19H22N2O5. The maximum absolute atomic E-state index is 12.5. The summed E-state index contributed by atoms with van der Waals surface area (Å²) in [7, 11) is 4.44. The molecule has 0 bridgehead atoms. The van der Waals surface area contributed by atoms with Crippen LogP contribution in [0.1, 0.15) is 29.3 Å². The van der Waals surface area contributed by atoms with Gasteiger partial charge in [-0.15, -0.1) is 0 Å². The van der Waals surface area contributed by atoms with E-state index in [4.69, 9.17) is 14.2 Å². The molecule has 2 aromatic rings. The number of phenols is 1. The SMILES string of the molecule is CCC(=NNC(=O)c1cc(OC)c(OC)c(OC)c1)c1ccccc1O. The van der Waals surface area contributed by atoms with Gasteiger partial charge in [0.1, 0.15) is 5.75 Å². The van der Waals surface area contributed by atoms with Gasteiger partial charge in [-0.2, -0.15) is 5.10 Å². The minimum Gasteiger partial charge on any atom is -0.507 e. The predicted molar refractivity (Wildman–Crippen MR) is 98.5 cm³/mol. The second-order valence-corrected chi connectivity index (χ2v) is 5.28. The van der Waals surface area contributed by atoms with Gasteiger partial charge in [0, 0.05) is 11.1 Å². The van der Waals surface area contributed by atoms with Crippen LogP contribution in [-0.4, -0.2) is 38.1 Å². The van der Waals surface area contributed by atoms with Crippen molar-refractivity contribution >= 4 is 11.6 Å². The van der Waals surface area contributed by atoms with Crippen molar-refractivity contribution in [2.45, 2.75) is 13.3 Å². The summed E-state index contributed by atoms with van der Waals surface area (Å²) in [6.45, 7) is 1.89. The molecule has 7 heteroatoms. The minimum absolute atomic E-state index is 0.107. The highest BCUT2D eigenvalue weighted by molar-refractivity contribution is 6.04. The molecule has 0 aromatic heterocycles. The Bertz CT molecular complexity index is 792. The second-order valence-electron chi connectivity index (χ2n) is 5.28. The molecule has 0 saturated heterocycles. The molecule has 0 saturated carbocycles. The van der Waals surface area contributed by atoms with Crippen LogP contribution in [0, 0.1) is 0 Å². The Balaban J connectivity index is 2.30. The number of rotatable bonds is 7. The van der Waals surface area contributed by atoms with E-state index in [0.29, 0.717) is 40.5 Å². The highest BCUT2D eigenvalue weighted by Crippen LogP contribution is 2.38. The molecule has 138 valence electrons. The van der Waals surface area contributed by atoms with E-state index in [9.17, 15) is 9.90 Å². The van der Waals surface area contributed by atoms with Crippen LogP contribution in [0.2, 0.25) is 0 Å². The molecule has 0 radical (unpaired) electrons. The number of carbonyl (C=O) groups excluding carboxylic acids is 1. The maximum atomic E-state index is 12.5. The Kier molecular flexibility index (Phi) is 6.43. The normalized spacial score (nSPS) is 11.0. The van der Waals surface area contributed by atoms with Gasteiger partial charge in [-0.1, -0.05) is 19.1 Å². The standard InChI is InChI=1S/C19H22N2O5/c1-5-14(13-8-6-7-9-15(13)22)20-21-19(23)12-10-16(24-2)18(26-4)17(11-12)25-3/h6-11,22H,5H2,1-4H3,(H,21,23). The lowest BCUT2D eigenvalue weighted by Gasteiger charge is -2.13. The van der Waals surface area contributed by atoms with Gasteiger partial charge in [0.25, 0.3) is 5.91 Å². The van der Waals surface area contributed by atoms with Gasteiger partial charge in [0.2, 0.25) is 5.75 Å². The minimum atomic E-state index is -0.439. The van der Waals surface area contributed by atoms with Crippen LogP contribution in [-0.2, 0) is 0 Å². The van der Waals surface area contributed by atoms with E-state index in [-0.39, 0.29) is 5.75 Å². The number of ether oxygens (including phenoxy) is 3. The van der Waals surface area contributed by atoms with Crippen LogP contribution in [0.25, 0.3) is 0 Å². The molecule has 1 amide bonds. The third-order valence-electron chi connectivity index (χ3n) is 3.77. The number of para-hydroxylation sites is 1. The Hall–Kier alpha value is -3.22. The van der Waals surface area contributed by atoms with Crippen molar-refractivity contribution in [1.29, 1.82) is 0 Å². The molecule has 0 aliphatic carbocycles. The lowest BCUT2D eigenvalue weighted by atomic mass is 10.1. The molecule has 0 aliphatic rings. The fourth-order valence-corrected chi connectivity index (χ4v) is 2.44. The number of phenolic OH excluding ortho intramolecular Hbond substituents is 1. The molecule has 2 N–H and O–H groups in total. The summed E-state index contributed by atoms with van der Waals surface area (Å²) >= 11 is 0. The number of aromatic hydroxyl groups is 1. The summed E-state index contributed by atoms with van der Waals surface area (Å²) in [5.41, 5.74) is 3.93. The summed E-state index contributed by atoms with van der Waals surface area (Å²) < 4.78 is 15.7. The number of nitrogens with one attached hydrogen (secondary N) is 1. The fraction of sp³-hybridized carbons (Fsp3) is 0.263. The fourth-order valence-electron chi connectivity index (χ4n) is 2.44. The molecule has 0 fully saturated rings. The quantitative estimate of drug-likeness (QED) is 0.587. The molecular weight excluding hydrogens is 336 g/mol. The zero-order chi connectivity index (χ0) is 19.1. The Morgan fingerprint density at radius 3 is 2.19 bits per heavy atom. The molecule has 26 heavy (non-hydrogen) atoms.